The van der Waals surface area contributed by atoms with Crippen LogP contribution in [0.3, 0.4) is 0 Å². The predicted octanol–water partition coefficient (Wildman–Crippen LogP) is 0.938. The predicted molar refractivity (Wildman–Crippen MR) is 56.1 cm³/mol. The van der Waals surface area contributed by atoms with E-state index in [9.17, 15) is 8.42 Å². The highest BCUT2D eigenvalue weighted by atomic mass is 32.2. The summed E-state index contributed by atoms with van der Waals surface area (Å²) in [5.41, 5.74) is 6.06. The fraction of sp³-hybridized carbons (Fsp3) is 0.667. The summed E-state index contributed by atoms with van der Waals surface area (Å²) in [6.07, 6.45) is 0.585. The Hall–Kier alpha value is -1.04. The number of nitrogen functional groups attached to an aromatic ring is 1. The molecule has 1 saturated heterocycles. The summed E-state index contributed by atoms with van der Waals surface area (Å²) in [6, 6.07) is 1.60. The molecule has 1 unspecified atom stereocenters. The second kappa shape index (κ2) is 2.98. The van der Waals surface area contributed by atoms with Gasteiger partial charge in [0.1, 0.15) is 0 Å². The number of hydrogen-bond acceptors (Lipinski definition) is 5. The number of sulfone groups is 1. The first-order valence-corrected chi connectivity index (χ1v) is 6.44. The molecule has 0 aliphatic carbocycles. The van der Waals surface area contributed by atoms with Crippen molar-refractivity contribution in [2.24, 2.45) is 0 Å². The number of aromatic nitrogens is 1. The van der Waals surface area contributed by atoms with E-state index in [0.717, 1.165) is 0 Å². The summed E-state index contributed by atoms with van der Waals surface area (Å²) in [5, 5.41) is 3.79. The van der Waals surface area contributed by atoms with Crippen molar-refractivity contribution in [1.29, 1.82) is 0 Å². The molecule has 0 saturated carbocycles. The zero-order valence-electron chi connectivity index (χ0n) is 8.73. The molecule has 1 aromatic rings. The molecular formula is C9H14N2O3S. The lowest BCUT2D eigenvalue weighted by atomic mass is 9.90. The van der Waals surface area contributed by atoms with Gasteiger partial charge in [-0.25, -0.2) is 8.42 Å². The molecule has 0 spiro atoms. The highest BCUT2D eigenvalue weighted by molar-refractivity contribution is 7.93. The Morgan fingerprint density at radius 1 is 1.60 bits per heavy atom. The van der Waals surface area contributed by atoms with Gasteiger partial charge in [-0.05, 0) is 20.3 Å². The molecule has 1 atom stereocenters. The van der Waals surface area contributed by atoms with Gasteiger partial charge in [0.15, 0.2) is 9.84 Å². The van der Waals surface area contributed by atoms with E-state index in [-0.39, 0.29) is 17.6 Å². The van der Waals surface area contributed by atoms with Crippen molar-refractivity contribution in [3.05, 3.63) is 11.8 Å². The van der Waals surface area contributed by atoms with Crippen LogP contribution in [-0.4, -0.2) is 24.1 Å². The molecule has 2 N–H and O–H groups in total. The van der Waals surface area contributed by atoms with Gasteiger partial charge in [-0.2, -0.15) is 0 Å². The number of nitrogens with two attached hydrogens (primary N) is 1. The smallest absolute Gasteiger partial charge is 0.222 e. The normalized spacial score (nSPS) is 28.0. The molecular weight excluding hydrogens is 216 g/mol. The molecule has 84 valence electrons. The van der Waals surface area contributed by atoms with Crippen LogP contribution in [-0.2, 0) is 9.84 Å². The fourth-order valence-electron chi connectivity index (χ4n) is 2.07. The third-order valence-electron chi connectivity index (χ3n) is 3.22. The SMILES string of the molecule is CC1(C)C(c2cc(N)on2)CCS1(=O)=O. The van der Waals surface area contributed by atoms with E-state index in [2.05, 4.69) is 5.16 Å². The lowest BCUT2D eigenvalue weighted by Crippen LogP contribution is -2.32. The van der Waals surface area contributed by atoms with Crippen LogP contribution in [0, 0.1) is 0 Å². The van der Waals surface area contributed by atoms with Crippen LogP contribution in [0.4, 0.5) is 5.88 Å². The molecule has 5 nitrogen and oxygen atoms in total. The zero-order valence-corrected chi connectivity index (χ0v) is 9.54. The largest absolute Gasteiger partial charge is 0.368 e. The lowest BCUT2D eigenvalue weighted by molar-refractivity contribution is 0.408. The first-order chi connectivity index (χ1) is 6.84. The maximum Gasteiger partial charge on any atom is 0.222 e. The Bertz CT molecular complexity index is 475. The lowest BCUT2D eigenvalue weighted by Gasteiger charge is -2.23. The van der Waals surface area contributed by atoms with Crippen LogP contribution in [0.2, 0.25) is 0 Å². The van der Waals surface area contributed by atoms with Gasteiger partial charge in [0.2, 0.25) is 5.88 Å². The van der Waals surface area contributed by atoms with Crippen molar-refractivity contribution in [3.63, 3.8) is 0 Å². The summed E-state index contributed by atoms with van der Waals surface area (Å²) < 4.78 is 27.6. The van der Waals surface area contributed by atoms with Gasteiger partial charge in [0.25, 0.3) is 0 Å². The molecule has 6 heteroatoms. The molecule has 0 amide bonds. The average molecular weight is 230 g/mol. The standard InChI is InChI=1S/C9H14N2O3S/c1-9(2)6(3-4-15(9,12)13)7-5-8(10)14-11-7/h5-6H,3-4,10H2,1-2H3. The zero-order chi connectivity index (χ0) is 11.3. The van der Waals surface area contributed by atoms with Gasteiger partial charge in [-0.1, -0.05) is 5.16 Å². The van der Waals surface area contributed by atoms with Gasteiger partial charge < -0.3 is 10.3 Å². The van der Waals surface area contributed by atoms with E-state index in [1.165, 1.54) is 0 Å². The quantitative estimate of drug-likeness (QED) is 0.775. The minimum atomic E-state index is -3.04. The topological polar surface area (TPSA) is 86.2 Å². The first-order valence-electron chi connectivity index (χ1n) is 4.79. The van der Waals surface area contributed by atoms with Gasteiger partial charge in [-0.15, -0.1) is 0 Å². The molecule has 0 radical (unpaired) electrons. The molecule has 1 aliphatic heterocycles. The third-order valence-corrected chi connectivity index (χ3v) is 5.88. The Balaban J connectivity index is 2.42. The Labute approximate surface area is 88.5 Å². The van der Waals surface area contributed by atoms with Crippen LogP contribution in [0.5, 0.6) is 0 Å². The molecule has 0 bridgehead atoms. The van der Waals surface area contributed by atoms with E-state index in [0.29, 0.717) is 12.1 Å². The third kappa shape index (κ3) is 1.43. The highest BCUT2D eigenvalue weighted by Gasteiger charge is 2.49. The minimum Gasteiger partial charge on any atom is -0.368 e. The van der Waals surface area contributed by atoms with Gasteiger partial charge in [-0.3, -0.25) is 0 Å². The van der Waals surface area contributed by atoms with Crippen LogP contribution < -0.4 is 5.73 Å². The second-order valence-corrected chi connectivity index (χ2v) is 7.11. The van der Waals surface area contributed by atoms with Gasteiger partial charge in [0.05, 0.1) is 16.2 Å². The summed E-state index contributed by atoms with van der Waals surface area (Å²) in [6.45, 7) is 3.45. The van der Waals surface area contributed by atoms with Crippen LogP contribution in [0.25, 0.3) is 0 Å². The Morgan fingerprint density at radius 3 is 2.67 bits per heavy atom. The van der Waals surface area contributed by atoms with Crippen molar-refractivity contribution in [2.45, 2.75) is 30.9 Å². The van der Waals surface area contributed by atoms with Crippen LogP contribution >= 0.6 is 0 Å². The highest BCUT2D eigenvalue weighted by Crippen LogP contribution is 2.43. The summed E-state index contributed by atoms with van der Waals surface area (Å²) >= 11 is 0. The summed E-state index contributed by atoms with van der Waals surface area (Å²) in [4.78, 5) is 0. The second-order valence-electron chi connectivity index (χ2n) is 4.42. The Kier molecular flexibility index (Phi) is 2.08. The number of hydrogen-bond donors (Lipinski definition) is 1. The number of rotatable bonds is 1. The summed E-state index contributed by atoms with van der Waals surface area (Å²) in [7, 11) is -3.04. The maximum absolute atomic E-state index is 11.8. The van der Waals surface area contributed by atoms with E-state index < -0.39 is 14.6 Å². The van der Waals surface area contributed by atoms with Gasteiger partial charge >= 0.3 is 0 Å². The maximum atomic E-state index is 11.8. The van der Waals surface area contributed by atoms with Gasteiger partial charge in [0, 0.05) is 12.0 Å². The van der Waals surface area contributed by atoms with E-state index >= 15 is 0 Å². The summed E-state index contributed by atoms with van der Waals surface area (Å²) in [5.74, 6) is 0.311. The Morgan fingerprint density at radius 2 is 2.27 bits per heavy atom. The van der Waals surface area contributed by atoms with Crippen molar-refractivity contribution >= 4 is 15.7 Å². The molecule has 1 aliphatic rings. The molecule has 1 fully saturated rings. The van der Waals surface area contributed by atoms with Crippen molar-refractivity contribution in [1.82, 2.24) is 5.16 Å². The van der Waals surface area contributed by atoms with Crippen molar-refractivity contribution in [2.75, 3.05) is 11.5 Å². The number of nitrogens with zero attached hydrogens (tertiary/aromatic N) is 1. The molecule has 15 heavy (non-hydrogen) atoms. The molecule has 2 heterocycles. The molecule has 0 aromatic carbocycles. The molecule has 2 rings (SSSR count). The number of anilines is 1. The van der Waals surface area contributed by atoms with Crippen LogP contribution in [0.1, 0.15) is 31.9 Å². The first kappa shape index (κ1) is 10.5. The average Bonchev–Trinajstić information content (AvgIpc) is 2.58. The minimum absolute atomic E-state index is 0.122. The van der Waals surface area contributed by atoms with Crippen molar-refractivity contribution < 1.29 is 12.9 Å². The monoisotopic (exact) mass is 230 g/mol. The fourth-order valence-corrected chi connectivity index (χ4v) is 3.82. The van der Waals surface area contributed by atoms with Crippen molar-refractivity contribution in [3.8, 4) is 0 Å². The van der Waals surface area contributed by atoms with E-state index in [4.69, 9.17) is 10.3 Å². The molecule has 1 aromatic heterocycles. The van der Waals surface area contributed by atoms with E-state index in [1.54, 1.807) is 19.9 Å². The van der Waals surface area contributed by atoms with E-state index in [1.807, 2.05) is 0 Å². The van der Waals surface area contributed by atoms with Crippen LogP contribution in [0.15, 0.2) is 10.6 Å².